The molecule has 0 saturated heterocycles. The van der Waals surface area contributed by atoms with E-state index in [0.29, 0.717) is 5.56 Å². The summed E-state index contributed by atoms with van der Waals surface area (Å²) in [7, 11) is 0. The molecule has 1 amide bonds. The van der Waals surface area contributed by atoms with Crippen molar-refractivity contribution >= 4 is 40.6 Å². The number of amides is 1. The number of hydrogen-bond acceptors (Lipinski definition) is 4. The number of nitrogens with zero attached hydrogens (tertiary/aromatic N) is 2. The molecule has 3 rings (SSSR count). The molecule has 1 aromatic carbocycles. The van der Waals surface area contributed by atoms with Crippen molar-refractivity contribution in [3.05, 3.63) is 45.8 Å². The summed E-state index contributed by atoms with van der Waals surface area (Å²) in [5.74, 6) is -0.0942. The van der Waals surface area contributed by atoms with E-state index in [4.69, 9.17) is 23.2 Å². The average molecular weight is 309 g/mol. The first-order valence-corrected chi connectivity index (χ1v) is 6.75. The number of halogens is 2. The monoisotopic (exact) mass is 308 g/mol. The normalized spacial score (nSPS) is 12.7. The predicted molar refractivity (Wildman–Crippen MR) is 78.6 cm³/mol. The van der Waals surface area contributed by atoms with Gasteiger partial charge in [-0.15, -0.1) is 0 Å². The lowest BCUT2D eigenvalue weighted by Gasteiger charge is -2.08. The molecule has 7 heteroatoms. The lowest BCUT2D eigenvalue weighted by Crippen LogP contribution is -2.13. The molecule has 1 aliphatic heterocycles. The molecular weight excluding hydrogens is 299 g/mol. The second-order valence-electron chi connectivity index (χ2n) is 4.33. The van der Waals surface area contributed by atoms with Crippen LogP contribution in [0, 0.1) is 0 Å². The molecule has 0 aliphatic carbocycles. The Kier molecular flexibility index (Phi) is 3.46. The Balaban J connectivity index is 1.84. The van der Waals surface area contributed by atoms with Crippen molar-refractivity contribution in [2.24, 2.45) is 0 Å². The number of fused-ring (bicyclic) bond motifs is 1. The van der Waals surface area contributed by atoms with Crippen molar-refractivity contribution < 1.29 is 4.79 Å². The zero-order valence-corrected chi connectivity index (χ0v) is 11.8. The van der Waals surface area contributed by atoms with Crippen molar-refractivity contribution in [3.63, 3.8) is 0 Å². The third kappa shape index (κ3) is 2.42. The van der Waals surface area contributed by atoms with Crippen molar-refractivity contribution in [1.82, 2.24) is 9.97 Å². The molecule has 0 unspecified atom stereocenters. The van der Waals surface area contributed by atoms with E-state index in [2.05, 4.69) is 20.6 Å². The maximum atomic E-state index is 12.2. The van der Waals surface area contributed by atoms with Crippen molar-refractivity contribution in [1.29, 1.82) is 0 Å². The van der Waals surface area contributed by atoms with Crippen LogP contribution in [0.2, 0.25) is 10.2 Å². The molecule has 1 aliphatic rings. The highest BCUT2D eigenvalue weighted by Crippen LogP contribution is 2.27. The second-order valence-corrected chi connectivity index (χ2v) is 5.07. The van der Waals surface area contributed by atoms with Gasteiger partial charge in [0.25, 0.3) is 5.91 Å². The van der Waals surface area contributed by atoms with Gasteiger partial charge in [0, 0.05) is 17.8 Å². The molecule has 2 aromatic rings. The molecule has 0 radical (unpaired) electrons. The largest absolute Gasteiger partial charge is 0.384 e. The first kappa shape index (κ1) is 13.1. The number of nitrogens with one attached hydrogen (secondary N) is 2. The lowest BCUT2D eigenvalue weighted by atomic mass is 10.1. The summed E-state index contributed by atoms with van der Waals surface area (Å²) in [6.45, 7) is 0.897. The Bertz CT molecular complexity index is 690. The first-order valence-electron chi connectivity index (χ1n) is 5.99. The number of rotatable bonds is 2. The number of carbonyl (C=O) groups excluding carboxylic acids is 1. The molecule has 0 spiro atoms. The van der Waals surface area contributed by atoms with Gasteiger partial charge in [0.2, 0.25) is 0 Å². The minimum Gasteiger partial charge on any atom is -0.384 e. The SMILES string of the molecule is O=C(Nc1ncnc(Cl)c1Cl)c1ccc2c(c1)NCC2. The average Bonchev–Trinajstić information content (AvgIpc) is 2.91. The van der Waals surface area contributed by atoms with E-state index in [1.807, 2.05) is 12.1 Å². The fourth-order valence-corrected chi connectivity index (χ4v) is 2.33. The first-order chi connectivity index (χ1) is 9.65. The zero-order chi connectivity index (χ0) is 14.1. The third-order valence-corrected chi connectivity index (χ3v) is 3.80. The highest BCUT2D eigenvalue weighted by molar-refractivity contribution is 6.43. The maximum Gasteiger partial charge on any atom is 0.256 e. The summed E-state index contributed by atoms with van der Waals surface area (Å²) in [5.41, 5.74) is 2.73. The van der Waals surface area contributed by atoms with Crippen molar-refractivity contribution in [2.75, 3.05) is 17.2 Å². The van der Waals surface area contributed by atoms with Gasteiger partial charge < -0.3 is 10.6 Å². The van der Waals surface area contributed by atoms with Crippen molar-refractivity contribution in [3.8, 4) is 0 Å². The summed E-state index contributed by atoms with van der Waals surface area (Å²) in [4.78, 5) is 19.8. The van der Waals surface area contributed by atoms with Crippen LogP contribution in [-0.2, 0) is 6.42 Å². The van der Waals surface area contributed by atoms with Crippen molar-refractivity contribution in [2.45, 2.75) is 6.42 Å². The van der Waals surface area contributed by atoms with E-state index in [9.17, 15) is 4.79 Å². The number of anilines is 2. The van der Waals surface area contributed by atoms with Gasteiger partial charge in [0.1, 0.15) is 11.3 Å². The summed E-state index contributed by atoms with van der Waals surface area (Å²) in [5, 5.41) is 6.08. The number of hydrogen-bond donors (Lipinski definition) is 2. The molecule has 0 saturated carbocycles. The van der Waals surface area contributed by atoms with E-state index in [1.54, 1.807) is 6.07 Å². The molecular formula is C13H10Cl2N4O. The van der Waals surface area contributed by atoms with Gasteiger partial charge in [-0.3, -0.25) is 4.79 Å². The third-order valence-electron chi connectivity index (χ3n) is 3.06. The van der Waals surface area contributed by atoms with E-state index < -0.39 is 0 Å². The van der Waals surface area contributed by atoms with Gasteiger partial charge in [-0.05, 0) is 24.1 Å². The summed E-state index contributed by atoms with van der Waals surface area (Å²) in [6, 6.07) is 5.53. The quantitative estimate of drug-likeness (QED) is 0.837. The van der Waals surface area contributed by atoms with Crippen LogP contribution < -0.4 is 10.6 Å². The van der Waals surface area contributed by atoms with E-state index in [1.165, 1.54) is 11.9 Å². The summed E-state index contributed by atoms with van der Waals surface area (Å²) < 4.78 is 0. The van der Waals surface area contributed by atoms with Gasteiger partial charge in [0.05, 0.1) is 0 Å². The van der Waals surface area contributed by atoms with Gasteiger partial charge in [-0.25, -0.2) is 9.97 Å². The fourth-order valence-electron chi connectivity index (χ4n) is 2.05. The Morgan fingerprint density at radius 3 is 3.00 bits per heavy atom. The van der Waals surface area contributed by atoms with Crippen LogP contribution in [0.25, 0.3) is 0 Å². The van der Waals surface area contributed by atoms with Gasteiger partial charge in [-0.1, -0.05) is 29.3 Å². The van der Waals surface area contributed by atoms with Crippen LogP contribution in [0.15, 0.2) is 24.5 Å². The van der Waals surface area contributed by atoms with E-state index in [-0.39, 0.29) is 21.9 Å². The molecule has 0 bridgehead atoms. The molecule has 5 nitrogen and oxygen atoms in total. The predicted octanol–water partition coefficient (Wildman–Crippen LogP) is 3.00. The van der Waals surface area contributed by atoms with Crippen LogP contribution in [-0.4, -0.2) is 22.4 Å². The molecule has 2 heterocycles. The molecule has 0 fully saturated rings. The van der Waals surface area contributed by atoms with Crippen LogP contribution >= 0.6 is 23.2 Å². The second kappa shape index (κ2) is 5.26. The zero-order valence-electron chi connectivity index (χ0n) is 10.3. The molecule has 1 aromatic heterocycles. The Morgan fingerprint density at radius 1 is 1.30 bits per heavy atom. The smallest absolute Gasteiger partial charge is 0.256 e. The van der Waals surface area contributed by atoms with Gasteiger partial charge in [0.15, 0.2) is 11.0 Å². The molecule has 20 heavy (non-hydrogen) atoms. The molecule has 2 N–H and O–H groups in total. The Hall–Kier alpha value is -1.85. The summed E-state index contributed by atoms with van der Waals surface area (Å²) >= 11 is 11.7. The van der Waals surface area contributed by atoms with Crippen LogP contribution in [0.3, 0.4) is 0 Å². The maximum absolute atomic E-state index is 12.2. The molecule has 0 atom stereocenters. The lowest BCUT2D eigenvalue weighted by molar-refractivity contribution is 0.102. The van der Waals surface area contributed by atoms with Gasteiger partial charge in [-0.2, -0.15) is 0 Å². The minimum absolute atomic E-state index is 0.104. The van der Waals surface area contributed by atoms with Crippen LogP contribution in [0.5, 0.6) is 0 Å². The van der Waals surface area contributed by atoms with Crippen LogP contribution in [0.1, 0.15) is 15.9 Å². The summed E-state index contributed by atoms with van der Waals surface area (Å²) in [6.07, 6.45) is 2.22. The number of benzene rings is 1. The number of aromatic nitrogens is 2. The van der Waals surface area contributed by atoms with E-state index in [0.717, 1.165) is 18.7 Å². The standard InChI is InChI=1S/C13H10Cl2N4O/c14-10-11(15)17-6-18-12(10)19-13(20)8-2-1-7-3-4-16-9(7)5-8/h1-2,5-6,16H,3-4H2,(H,17,18,19,20). The number of carbonyl (C=O) groups is 1. The molecule has 102 valence electrons. The topological polar surface area (TPSA) is 66.9 Å². The Morgan fingerprint density at radius 2 is 2.15 bits per heavy atom. The highest BCUT2D eigenvalue weighted by atomic mass is 35.5. The fraction of sp³-hybridized carbons (Fsp3) is 0.154. The Labute approximate surface area is 125 Å². The minimum atomic E-state index is -0.293. The van der Waals surface area contributed by atoms with Crippen LogP contribution in [0.4, 0.5) is 11.5 Å². The van der Waals surface area contributed by atoms with E-state index >= 15 is 0 Å². The highest BCUT2D eigenvalue weighted by Gasteiger charge is 2.15. The van der Waals surface area contributed by atoms with Gasteiger partial charge >= 0.3 is 0 Å².